The maximum absolute atomic E-state index is 10.3. The second-order valence-electron chi connectivity index (χ2n) is 7.00. The lowest BCUT2D eigenvalue weighted by molar-refractivity contribution is -0.137. The molecule has 28 heavy (non-hydrogen) atoms. The largest absolute Gasteiger partial charge is 0.481 e. The van der Waals surface area contributed by atoms with Gasteiger partial charge in [-0.05, 0) is 44.1 Å². The van der Waals surface area contributed by atoms with Gasteiger partial charge >= 0.3 is 5.97 Å². The van der Waals surface area contributed by atoms with E-state index in [1.54, 1.807) is 0 Å². The molecule has 0 saturated carbocycles. The fraction of sp³-hybridized carbons (Fsp3) is 0.792. The SMILES string of the molecule is CCCCCCCCC#CC#CCCCCCCCCC(=O)O.NCCCO. The van der Waals surface area contributed by atoms with E-state index in [1.165, 1.54) is 51.4 Å². The molecule has 4 heteroatoms. The lowest BCUT2D eigenvalue weighted by atomic mass is 10.1. The smallest absolute Gasteiger partial charge is 0.303 e. The first kappa shape index (κ1) is 28.7. The third kappa shape index (κ3) is 32.2. The van der Waals surface area contributed by atoms with E-state index in [9.17, 15) is 4.79 Å². The molecule has 0 aromatic rings. The van der Waals surface area contributed by atoms with Crippen molar-refractivity contribution in [2.45, 2.75) is 110 Å². The van der Waals surface area contributed by atoms with Gasteiger partial charge in [-0.1, -0.05) is 76.6 Å². The number of aliphatic hydroxyl groups is 1. The molecule has 0 saturated heterocycles. The maximum Gasteiger partial charge on any atom is 0.303 e. The molecule has 0 amide bonds. The molecule has 4 nitrogen and oxygen atoms in total. The standard InChI is InChI=1S/C21H34O2.C3H9NO/c1-2-3-4-5-6-7-8-9-10-11-12-13-14-15-16-17-18-19-20-21(22)23;4-2-1-3-5/h2-8,13-20H2,1H3,(H,22,23);5H,1-4H2. The molecule has 0 aliphatic heterocycles. The van der Waals surface area contributed by atoms with Crippen LogP contribution in [0.25, 0.3) is 0 Å². The Bertz CT molecular complexity index is 438. The van der Waals surface area contributed by atoms with Crippen LogP contribution in [0, 0.1) is 23.7 Å². The monoisotopic (exact) mass is 393 g/mol. The second-order valence-corrected chi connectivity index (χ2v) is 7.00. The van der Waals surface area contributed by atoms with E-state index >= 15 is 0 Å². The summed E-state index contributed by atoms with van der Waals surface area (Å²) < 4.78 is 0. The minimum Gasteiger partial charge on any atom is -0.481 e. The van der Waals surface area contributed by atoms with Crippen molar-refractivity contribution in [1.29, 1.82) is 0 Å². The van der Waals surface area contributed by atoms with Crippen molar-refractivity contribution >= 4 is 5.97 Å². The van der Waals surface area contributed by atoms with E-state index < -0.39 is 5.97 Å². The van der Waals surface area contributed by atoms with Crippen LogP contribution in [0.1, 0.15) is 110 Å². The van der Waals surface area contributed by atoms with Crippen LogP contribution in [-0.2, 0) is 4.79 Å². The number of nitrogens with two attached hydrogens (primary N) is 1. The van der Waals surface area contributed by atoms with Gasteiger partial charge in [0.2, 0.25) is 0 Å². The van der Waals surface area contributed by atoms with Gasteiger partial charge in [-0.2, -0.15) is 0 Å². The molecule has 0 aromatic carbocycles. The van der Waals surface area contributed by atoms with Crippen molar-refractivity contribution in [2.75, 3.05) is 13.2 Å². The van der Waals surface area contributed by atoms with Crippen LogP contribution >= 0.6 is 0 Å². The van der Waals surface area contributed by atoms with Crippen LogP contribution in [0.5, 0.6) is 0 Å². The number of carboxylic acids is 1. The highest BCUT2D eigenvalue weighted by Gasteiger charge is 1.96. The second kappa shape index (κ2) is 27.7. The zero-order chi connectivity index (χ0) is 21.1. The predicted molar refractivity (Wildman–Crippen MR) is 119 cm³/mol. The Morgan fingerprint density at radius 1 is 0.750 bits per heavy atom. The molecule has 0 unspecified atom stereocenters. The van der Waals surface area contributed by atoms with Crippen LogP contribution in [0.4, 0.5) is 0 Å². The van der Waals surface area contributed by atoms with Crippen LogP contribution in [0.15, 0.2) is 0 Å². The molecule has 0 rings (SSSR count). The van der Waals surface area contributed by atoms with Crippen molar-refractivity contribution in [3.63, 3.8) is 0 Å². The first-order valence-corrected chi connectivity index (χ1v) is 11.2. The summed E-state index contributed by atoms with van der Waals surface area (Å²) in [5, 5.41) is 16.5. The fourth-order valence-corrected chi connectivity index (χ4v) is 2.50. The van der Waals surface area contributed by atoms with E-state index in [0.717, 1.165) is 44.9 Å². The van der Waals surface area contributed by atoms with E-state index in [4.69, 9.17) is 15.9 Å². The molecule has 0 aliphatic rings. The first-order chi connectivity index (χ1) is 13.7. The Morgan fingerprint density at radius 3 is 1.61 bits per heavy atom. The van der Waals surface area contributed by atoms with Gasteiger partial charge in [-0.3, -0.25) is 4.79 Å². The van der Waals surface area contributed by atoms with E-state index in [1.807, 2.05) is 0 Å². The summed E-state index contributed by atoms with van der Waals surface area (Å²) in [4.78, 5) is 10.3. The normalized spacial score (nSPS) is 9.39. The number of unbranched alkanes of at least 4 members (excludes halogenated alkanes) is 12. The van der Waals surface area contributed by atoms with E-state index in [-0.39, 0.29) is 6.61 Å². The van der Waals surface area contributed by atoms with Gasteiger partial charge in [0.05, 0.1) is 0 Å². The summed E-state index contributed by atoms with van der Waals surface area (Å²) in [6, 6.07) is 0. The van der Waals surface area contributed by atoms with Crippen molar-refractivity contribution in [3.05, 3.63) is 0 Å². The number of hydrogen-bond acceptors (Lipinski definition) is 3. The van der Waals surface area contributed by atoms with Crippen molar-refractivity contribution in [2.24, 2.45) is 5.73 Å². The molecule has 0 atom stereocenters. The highest BCUT2D eigenvalue weighted by molar-refractivity contribution is 5.66. The average Bonchev–Trinajstić information content (AvgIpc) is 2.68. The Hall–Kier alpha value is -1.49. The summed E-state index contributed by atoms with van der Waals surface area (Å²) in [6.45, 7) is 3.06. The Morgan fingerprint density at radius 2 is 1.21 bits per heavy atom. The van der Waals surface area contributed by atoms with Crippen molar-refractivity contribution < 1.29 is 15.0 Å². The Labute approximate surface area is 173 Å². The Balaban J connectivity index is 0. The number of rotatable bonds is 16. The summed E-state index contributed by atoms with van der Waals surface area (Å²) in [5.74, 6) is 11.5. The van der Waals surface area contributed by atoms with Crippen LogP contribution in [0.2, 0.25) is 0 Å². The van der Waals surface area contributed by atoms with Gasteiger partial charge in [-0.15, -0.1) is 0 Å². The number of carbonyl (C=O) groups is 1. The zero-order valence-corrected chi connectivity index (χ0v) is 18.1. The van der Waals surface area contributed by atoms with Gasteiger partial charge < -0.3 is 15.9 Å². The van der Waals surface area contributed by atoms with Crippen LogP contribution in [0.3, 0.4) is 0 Å². The minimum atomic E-state index is -0.683. The zero-order valence-electron chi connectivity index (χ0n) is 18.1. The van der Waals surface area contributed by atoms with Crippen molar-refractivity contribution in [1.82, 2.24) is 0 Å². The van der Waals surface area contributed by atoms with E-state index in [2.05, 4.69) is 30.6 Å². The lowest BCUT2D eigenvalue weighted by Crippen LogP contribution is -1.99. The van der Waals surface area contributed by atoms with Gasteiger partial charge in [0, 0.05) is 25.9 Å². The quantitative estimate of drug-likeness (QED) is 0.246. The van der Waals surface area contributed by atoms with Crippen LogP contribution < -0.4 is 5.73 Å². The van der Waals surface area contributed by atoms with Crippen molar-refractivity contribution in [3.8, 4) is 23.7 Å². The summed E-state index contributed by atoms with van der Waals surface area (Å²) in [6.07, 6.45) is 17.3. The number of hydrogen-bond donors (Lipinski definition) is 3. The van der Waals surface area contributed by atoms with Gasteiger partial charge in [0.15, 0.2) is 0 Å². The summed E-state index contributed by atoms with van der Waals surface area (Å²) >= 11 is 0. The average molecular weight is 394 g/mol. The minimum absolute atomic E-state index is 0.219. The molecule has 0 spiro atoms. The molecule has 0 fully saturated rings. The maximum atomic E-state index is 10.3. The van der Waals surface area contributed by atoms with Gasteiger partial charge in [-0.25, -0.2) is 0 Å². The lowest BCUT2D eigenvalue weighted by Gasteiger charge is -1.98. The Kier molecular flexibility index (Phi) is 28.4. The van der Waals surface area contributed by atoms with Gasteiger partial charge in [0.25, 0.3) is 0 Å². The highest BCUT2D eigenvalue weighted by Crippen LogP contribution is 2.08. The predicted octanol–water partition coefficient (Wildman–Crippen LogP) is 5.28. The number of carboxylic acid groups (broad SMARTS) is 1. The van der Waals surface area contributed by atoms with Crippen LogP contribution in [-0.4, -0.2) is 29.3 Å². The topological polar surface area (TPSA) is 83.5 Å². The molecule has 0 radical (unpaired) electrons. The molecule has 162 valence electrons. The molecule has 4 N–H and O–H groups in total. The highest BCUT2D eigenvalue weighted by atomic mass is 16.4. The van der Waals surface area contributed by atoms with Gasteiger partial charge in [0.1, 0.15) is 0 Å². The summed E-state index contributed by atoms with van der Waals surface area (Å²) in [5.41, 5.74) is 4.98. The third-order valence-corrected chi connectivity index (χ3v) is 4.20. The molecule has 0 heterocycles. The fourth-order valence-electron chi connectivity index (χ4n) is 2.50. The molecule has 0 bridgehead atoms. The molecule has 0 aromatic heterocycles. The molecule has 0 aliphatic carbocycles. The summed E-state index contributed by atoms with van der Waals surface area (Å²) in [7, 11) is 0. The van der Waals surface area contributed by atoms with E-state index in [0.29, 0.717) is 13.0 Å². The first-order valence-electron chi connectivity index (χ1n) is 11.2. The number of aliphatic carboxylic acids is 1. The molecular formula is C24H43NO3. The molecular weight excluding hydrogens is 350 g/mol. The third-order valence-electron chi connectivity index (χ3n) is 4.20. The number of aliphatic hydroxyl groups excluding tert-OH is 1.